The first-order chi connectivity index (χ1) is 7.22. The van der Waals surface area contributed by atoms with Crippen LogP contribution in [0.3, 0.4) is 0 Å². The molecule has 1 saturated carbocycles. The van der Waals surface area contributed by atoms with Crippen LogP contribution in [0.15, 0.2) is 0 Å². The summed E-state index contributed by atoms with van der Waals surface area (Å²) in [6, 6.07) is 0.614. The minimum absolute atomic E-state index is 0.614. The van der Waals surface area contributed by atoms with Gasteiger partial charge >= 0.3 is 0 Å². The van der Waals surface area contributed by atoms with Gasteiger partial charge in [0.15, 0.2) is 5.11 Å². The zero-order valence-corrected chi connectivity index (χ0v) is 11.3. The zero-order valence-electron chi connectivity index (χ0n) is 9.71. The molecular formula is C11H22N2S2. The van der Waals surface area contributed by atoms with E-state index in [0.29, 0.717) is 11.3 Å². The van der Waals surface area contributed by atoms with Crippen LogP contribution in [0.1, 0.15) is 39.0 Å². The second-order valence-electron chi connectivity index (χ2n) is 4.24. The summed E-state index contributed by atoms with van der Waals surface area (Å²) in [4.78, 5) is 0. The van der Waals surface area contributed by atoms with E-state index in [1.54, 1.807) is 0 Å². The standard InChI is InChI=1S/C11H22N2S2/c1-9(15-2)8-12-11(14)13-10-6-4-3-5-7-10/h9-10H,3-8H2,1-2H3,(H2,12,13,14). The molecule has 88 valence electrons. The number of hydrogen-bond donors (Lipinski definition) is 2. The van der Waals surface area contributed by atoms with Crippen LogP contribution < -0.4 is 10.6 Å². The van der Waals surface area contributed by atoms with Gasteiger partial charge in [-0.05, 0) is 31.3 Å². The van der Waals surface area contributed by atoms with Crippen molar-refractivity contribution in [2.45, 2.75) is 50.3 Å². The molecule has 1 rings (SSSR count). The van der Waals surface area contributed by atoms with E-state index in [0.717, 1.165) is 11.7 Å². The molecule has 4 heteroatoms. The molecule has 0 aliphatic heterocycles. The maximum atomic E-state index is 5.27. The van der Waals surface area contributed by atoms with E-state index < -0.39 is 0 Å². The van der Waals surface area contributed by atoms with Gasteiger partial charge in [-0.2, -0.15) is 11.8 Å². The normalized spacial score (nSPS) is 19.6. The van der Waals surface area contributed by atoms with Crippen LogP contribution in [-0.2, 0) is 0 Å². The Hall–Kier alpha value is 0.0400. The summed E-state index contributed by atoms with van der Waals surface area (Å²) in [6.07, 6.45) is 8.77. The molecule has 0 aromatic carbocycles. The molecule has 0 spiro atoms. The lowest BCUT2D eigenvalue weighted by Crippen LogP contribution is -2.44. The summed E-state index contributed by atoms with van der Waals surface area (Å²) in [5.74, 6) is 0. The third-order valence-corrected chi connectivity index (χ3v) is 4.13. The van der Waals surface area contributed by atoms with Gasteiger partial charge in [0, 0.05) is 17.8 Å². The average molecular weight is 246 g/mol. The van der Waals surface area contributed by atoms with Crippen molar-refractivity contribution in [3.8, 4) is 0 Å². The molecule has 0 heterocycles. The van der Waals surface area contributed by atoms with E-state index in [-0.39, 0.29) is 0 Å². The summed E-state index contributed by atoms with van der Waals surface area (Å²) in [5, 5.41) is 8.15. The summed E-state index contributed by atoms with van der Waals surface area (Å²) < 4.78 is 0. The predicted octanol–water partition coefficient (Wildman–Crippen LogP) is 2.53. The first-order valence-corrected chi connectivity index (χ1v) is 7.49. The SMILES string of the molecule is CSC(C)CNC(=S)NC1CCCCC1. The van der Waals surface area contributed by atoms with Crippen LogP contribution >= 0.6 is 24.0 Å². The highest BCUT2D eigenvalue weighted by Gasteiger charge is 2.13. The van der Waals surface area contributed by atoms with Crippen molar-refractivity contribution in [3.63, 3.8) is 0 Å². The van der Waals surface area contributed by atoms with Gasteiger partial charge in [-0.25, -0.2) is 0 Å². The van der Waals surface area contributed by atoms with Gasteiger partial charge in [-0.3, -0.25) is 0 Å². The lowest BCUT2D eigenvalue weighted by molar-refractivity contribution is 0.412. The topological polar surface area (TPSA) is 24.1 Å². The van der Waals surface area contributed by atoms with E-state index in [4.69, 9.17) is 12.2 Å². The summed E-state index contributed by atoms with van der Waals surface area (Å²) in [5.41, 5.74) is 0. The van der Waals surface area contributed by atoms with Crippen LogP contribution in [0, 0.1) is 0 Å². The summed E-state index contributed by atoms with van der Waals surface area (Å²) in [6.45, 7) is 3.17. The van der Waals surface area contributed by atoms with Gasteiger partial charge in [0.2, 0.25) is 0 Å². The molecule has 0 aromatic heterocycles. The van der Waals surface area contributed by atoms with Gasteiger partial charge in [-0.15, -0.1) is 0 Å². The highest BCUT2D eigenvalue weighted by molar-refractivity contribution is 7.99. The van der Waals surface area contributed by atoms with E-state index in [2.05, 4.69) is 23.8 Å². The van der Waals surface area contributed by atoms with Gasteiger partial charge in [-0.1, -0.05) is 26.2 Å². The van der Waals surface area contributed by atoms with Crippen molar-refractivity contribution < 1.29 is 0 Å². The molecule has 2 N–H and O–H groups in total. The Morgan fingerprint density at radius 1 is 1.40 bits per heavy atom. The largest absolute Gasteiger partial charge is 0.362 e. The summed E-state index contributed by atoms with van der Waals surface area (Å²) in [7, 11) is 0. The first kappa shape index (κ1) is 13.1. The van der Waals surface area contributed by atoms with E-state index in [1.165, 1.54) is 32.1 Å². The molecule has 1 unspecified atom stereocenters. The maximum Gasteiger partial charge on any atom is 0.166 e. The molecule has 15 heavy (non-hydrogen) atoms. The van der Waals surface area contributed by atoms with Crippen LogP contribution in [0.2, 0.25) is 0 Å². The van der Waals surface area contributed by atoms with Crippen molar-refractivity contribution in [2.75, 3.05) is 12.8 Å². The van der Waals surface area contributed by atoms with Crippen LogP contribution in [-0.4, -0.2) is 29.2 Å². The quantitative estimate of drug-likeness (QED) is 0.745. The molecular weight excluding hydrogens is 224 g/mol. The molecule has 1 aliphatic carbocycles. The van der Waals surface area contributed by atoms with Crippen molar-refractivity contribution in [1.29, 1.82) is 0 Å². The Bertz CT molecular complexity index is 191. The zero-order chi connectivity index (χ0) is 11.1. The molecule has 0 saturated heterocycles. The fourth-order valence-electron chi connectivity index (χ4n) is 1.80. The Kier molecular flexibility index (Phi) is 6.41. The minimum Gasteiger partial charge on any atom is -0.362 e. The van der Waals surface area contributed by atoms with E-state index >= 15 is 0 Å². The van der Waals surface area contributed by atoms with Crippen LogP contribution in [0.5, 0.6) is 0 Å². The van der Waals surface area contributed by atoms with Crippen molar-refractivity contribution in [2.24, 2.45) is 0 Å². The van der Waals surface area contributed by atoms with Crippen molar-refractivity contribution in [1.82, 2.24) is 10.6 Å². The van der Waals surface area contributed by atoms with Gasteiger partial charge < -0.3 is 10.6 Å². The van der Waals surface area contributed by atoms with Crippen LogP contribution in [0.25, 0.3) is 0 Å². The van der Waals surface area contributed by atoms with Crippen molar-refractivity contribution in [3.05, 3.63) is 0 Å². The molecule has 1 aliphatic rings. The van der Waals surface area contributed by atoms with E-state index in [9.17, 15) is 0 Å². The second-order valence-corrected chi connectivity index (χ2v) is 5.92. The monoisotopic (exact) mass is 246 g/mol. The predicted molar refractivity (Wildman–Crippen MR) is 73.6 cm³/mol. The fraction of sp³-hybridized carbons (Fsp3) is 0.909. The molecule has 0 radical (unpaired) electrons. The Balaban J connectivity index is 2.11. The molecule has 1 atom stereocenters. The molecule has 1 fully saturated rings. The van der Waals surface area contributed by atoms with Crippen LogP contribution in [0.4, 0.5) is 0 Å². The first-order valence-electron chi connectivity index (χ1n) is 5.79. The minimum atomic E-state index is 0.614. The van der Waals surface area contributed by atoms with Crippen molar-refractivity contribution >= 4 is 29.1 Å². The maximum absolute atomic E-state index is 5.27. The highest BCUT2D eigenvalue weighted by atomic mass is 32.2. The lowest BCUT2D eigenvalue weighted by atomic mass is 9.96. The highest BCUT2D eigenvalue weighted by Crippen LogP contribution is 2.17. The Morgan fingerprint density at radius 3 is 2.67 bits per heavy atom. The molecule has 0 bridgehead atoms. The summed E-state index contributed by atoms with van der Waals surface area (Å²) >= 11 is 7.13. The second kappa shape index (κ2) is 7.34. The number of thiocarbonyl (C=S) groups is 1. The van der Waals surface area contributed by atoms with Gasteiger partial charge in [0.25, 0.3) is 0 Å². The number of nitrogens with one attached hydrogen (secondary N) is 2. The number of thioether (sulfide) groups is 1. The van der Waals surface area contributed by atoms with Gasteiger partial charge in [0.1, 0.15) is 0 Å². The fourth-order valence-corrected chi connectivity index (χ4v) is 2.30. The number of hydrogen-bond acceptors (Lipinski definition) is 2. The van der Waals surface area contributed by atoms with E-state index in [1.807, 2.05) is 11.8 Å². The molecule has 0 amide bonds. The molecule has 2 nitrogen and oxygen atoms in total. The third kappa shape index (κ3) is 5.61. The lowest BCUT2D eigenvalue weighted by Gasteiger charge is -2.24. The Morgan fingerprint density at radius 2 is 2.07 bits per heavy atom. The average Bonchev–Trinajstić information content (AvgIpc) is 2.27. The molecule has 0 aromatic rings. The Labute approximate surface area is 103 Å². The third-order valence-electron chi connectivity index (χ3n) is 2.89. The van der Waals surface area contributed by atoms with Gasteiger partial charge in [0.05, 0.1) is 0 Å². The smallest absolute Gasteiger partial charge is 0.166 e. The number of rotatable bonds is 4.